The summed E-state index contributed by atoms with van der Waals surface area (Å²) in [6, 6.07) is 0.798. The number of hydrogen-bond donors (Lipinski definition) is 1. The van der Waals surface area contributed by atoms with E-state index < -0.39 is 0 Å². The van der Waals surface area contributed by atoms with Crippen LogP contribution in [0.4, 0.5) is 0 Å². The molecule has 2 heteroatoms. The monoisotopic (exact) mass is 252 g/mol. The first-order valence-electron chi connectivity index (χ1n) is 7.97. The van der Waals surface area contributed by atoms with Gasteiger partial charge in [-0.05, 0) is 76.5 Å². The standard InChI is InChI=1S/C16H32N2/c1-16(2)9-4-5-15(6-10-16)17-13-14-7-11-18(3)12-8-14/h14-15,17H,4-13H2,1-3H3. The van der Waals surface area contributed by atoms with Crippen molar-refractivity contribution < 1.29 is 0 Å². The molecule has 0 amide bonds. The molecule has 0 aromatic heterocycles. The van der Waals surface area contributed by atoms with Gasteiger partial charge in [-0.2, -0.15) is 0 Å². The average Bonchev–Trinajstić information content (AvgIpc) is 2.50. The zero-order chi connectivity index (χ0) is 13.0. The first kappa shape index (κ1) is 14.3. The van der Waals surface area contributed by atoms with Crippen molar-refractivity contribution in [1.82, 2.24) is 10.2 Å². The highest BCUT2D eigenvalue weighted by molar-refractivity contribution is 4.81. The minimum absolute atomic E-state index is 0.587. The van der Waals surface area contributed by atoms with Gasteiger partial charge in [0.15, 0.2) is 0 Å². The molecule has 2 rings (SSSR count). The van der Waals surface area contributed by atoms with E-state index in [4.69, 9.17) is 0 Å². The second-order valence-electron chi connectivity index (χ2n) is 7.45. The van der Waals surface area contributed by atoms with Crippen molar-refractivity contribution in [2.75, 3.05) is 26.7 Å². The molecule has 2 fully saturated rings. The quantitative estimate of drug-likeness (QED) is 0.776. The summed E-state index contributed by atoms with van der Waals surface area (Å²) >= 11 is 0. The van der Waals surface area contributed by atoms with Crippen LogP contribution in [0.2, 0.25) is 0 Å². The molecule has 1 N–H and O–H groups in total. The Kier molecular flexibility index (Phi) is 5.08. The molecule has 0 spiro atoms. The van der Waals surface area contributed by atoms with Crippen molar-refractivity contribution >= 4 is 0 Å². The third-order valence-corrected chi connectivity index (χ3v) is 5.11. The van der Waals surface area contributed by atoms with Gasteiger partial charge in [0.1, 0.15) is 0 Å². The summed E-state index contributed by atoms with van der Waals surface area (Å²) < 4.78 is 0. The molecule has 1 saturated carbocycles. The maximum absolute atomic E-state index is 3.87. The van der Waals surface area contributed by atoms with Crippen LogP contribution in [0.15, 0.2) is 0 Å². The summed E-state index contributed by atoms with van der Waals surface area (Å²) in [5, 5.41) is 3.87. The lowest BCUT2D eigenvalue weighted by Gasteiger charge is -2.30. The first-order valence-corrected chi connectivity index (χ1v) is 7.97. The lowest BCUT2D eigenvalue weighted by atomic mass is 9.85. The van der Waals surface area contributed by atoms with Crippen molar-refractivity contribution in [1.29, 1.82) is 0 Å². The molecule has 0 aromatic rings. The van der Waals surface area contributed by atoms with Crippen LogP contribution in [-0.4, -0.2) is 37.6 Å². The normalized spacial score (nSPS) is 31.2. The SMILES string of the molecule is CN1CCC(CNC2CCCC(C)(C)CC2)CC1. The second-order valence-corrected chi connectivity index (χ2v) is 7.45. The van der Waals surface area contributed by atoms with Crippen molar-refractivity contribution in [3.63, 3.8) is 0 Å². The summed E-state index contributed by atoms with van der Waals surface area (Å²) in [4.78, 5) is 2.46. The van der Waals surface area contributed by atoms with Crippen LogP contribution >= 0.6 is 0 Å². The third kappa shape index (κ3) is 4.55. The lowest BCUT2D eigenvalue weighted by Crippen LogP contribution is -2.38. The molecule has 1 atom stereocenters. The first-order chi connectivity index (χ1) is 8.55. The van der Waals surface area contributed by atoms with E-state index in [1.54, 1.807) is 0 Å². The number of likely N-dealkylation sites (tertiary alicyclic amines) is 1. The fraction of sp³-hybridized carbons (Fsp3) is 1.00. The van der Waals surface area contributed by atoms with Crippen LogP contribution in [-0.2, 0) is 0 Å². The average molecular weight is 252 g/mol. The Morgan fingerprint density at radius 1 is 1.06 bits per heavy atom. The molecule has 1 aliphatic carbocycles. The topological polar surface area (TPSA) is 15.3 Å². The molecule has 0 aromatic carbocycles. The van der Waals surface area contributed by atoms with Crippen molar-refractivity contribution in [3.8, 4) is 0 Å². The molecular weight excluding hydrogens is 220 g/mol. The van der Waals surface area contributed by atoms with Crippen molar-refractivity contribution in [2.24, 2.45) is 11.3 Å². The molecule has 18 heavy (non-hydrogen) atoms. The van der Waals surface area contributed by atoms with Gasteiger partial charge in [0.25, 0.3) is 0 Å². The number of nitrogens with one attached hydrogen (secondary N) is 1. The number of piperidine rings is 1. The van der Waals surface area contributed by atoms with Gasteiger partial charge < -0.3 is 10.2 Å². The Bertz CT molecular complexity index is 241. The second kappa shape index (κ2) is 6.38. The molecule has 1 unspecified atom stereocenters. The minimum atomic E-state index is 0.587. The van der Waals surface area contributed by atoms with Crippen LogP contribution in [0.3, 0.4) is 0 Å². The van der Waals surface area contributed by atoms with Gasteiger partial charge in [0.05, 0.1) is 0 Å². The lowest BCUT2D eigenvalue weighted by molar-refractivity contribution is 0.210. The Morgan fingerprint density at radius 3 is 2.50 bits per heavy atom. The fourth-order valence-electron chi connectivity index (χ4n) is 3.46. The van der Waals surface area contributed by atoms with Crippen LogP contribution in [0, 0.1) is 11.3 Å². The van der Waals surface area contributed by atoms with Gasteiger partial charge in [0.2, 0.25) is 0 Å². The van der Waals surface area contributed by atoms with Crippen LogP contribution in [0.25, 0.3) is 0 Å². The van der Waals surface area contributed by atoms with E-state index >= 15 is 0 Å². The maximum Gasteiger partial charge on any atom is 0.00673 e. The Balaban J connectivity index is 1.67. The number of rotatable bonds is 3. The van der Waals surface area contributed by atoms with Gasteiger partial charge in [0, 0.05) is 6.04 Å². The van der Waals surface area contributed by atoms with Crippen LogP contribution < -0.4 is 5.32 Å². The Hall–Kier alpha value is -0.0800. The highest BCUT2D eigenvalue weighted by atomic mass is 15.1. The van der Waals surface area contributed by atoms with E-state index in [-0.39, 0.29) is 0 Å². The summed E-state index contributed by atoms with van der Waals surface area (Å²) in [6.07, 6.45) is 9.80. The summed E-state index contributed by atoms with van der Waals surface area (Å²) in [5.41, 5.74) is 0.587. The van der Waals surface area contributed by atoms with Gasteiger partial charge in [-0.3, -0.25) is 0 Å². The maximum atomic E-state index is 3.87. The molecule has 0 bridgehead atoms. The molecule has 2 aliphatic rings. The smallest absolute Gasteiger partial charge is 0.00673 e. The van der Waals surface area contributed by atoms with E-state index in [1.165, 1.54) is 64.6 Å². The summed E-state index contributed by atoms with van der Waals surface area (Å²) in [5.74, 6) is 0.928. The minimum Gasteiger partial charge on any atom is -0.314 e. The summed E-state index contributed by atoms with van der Waals surface area (Å²) in [6.45, 7) is 8.73. The number of hydrogen-bond acceptors (Lipinski definition) is 2. The van der Waals surface area contributed by atoms with Gasteiger partial charge >= 0.3 is 0 Å². The Labute approximate surface area is 114 Å². The molecule has 106 valence electrons. The van der Waals surface area contributed by atoms with Crippen LogP contribution in [0.5, 0.6) is 0 Å². The zero-order valence-electron chi connectivity index (χ0n) is 12.7. The highest BCUT2D eigenvalue weighted by Crippen LogP contribution is 2.33. The van der Waals surface area contributed by atoms with Crippen LogP contribution in [0.1, 0.15) is 58.8 Å². The van der Waals surface area contributed by atoms with Gasteiger partial charge in [-0.1, -0.05) is 20.3 Å². The fourth-order valence-corrected chi connectivity index (χ4v) is 3.46. The van der Waals surface area contributed by atoms with Gasteiger partial charge in [-0.15, -0.1) is 0 Å². The predicted octanol–water partition coefficient (Wildman–Crippen LogP) is 3.28. The Morgan fingerprint density at radius 2 is 1.78 bits per heavy atom. The molecule has 1 saturated heterocycles. The molecule has 0 radical (unpaired) electrons. The summed E-state index contributed by atoms with van der Waals surface area (Å²) in [7, 11) is 2.25. The highest BCUT2D eigenvalue weighted by Gasteiger charge is 2.25. The zero-order valence-corrected chi connectivity index (χ0v) is 12.7. The number of nitrogens with zero attached hydrogens (tertiary/aromatic N) is 1. The van der Waals surface area contributed by atoms with Crippen molar-refractivity contribution in [2.45, 2.75) is 64.8 Å². The predicted molar refractivity (Wildman–Crippen MR) is 78.9 cm³/mol. The molecule has 1 heterocycles. The largest absolute Gasteiger partial charge is 0.314 e. The molecule has 1 aliphatic heterocycles. The van der Waals surface area contributed by atoms with E-state index in [0.29, 0.717) is 5.41 Å². The molecular formula is C16H32N2. The van der Waals surface area contributed by atoms with E-state index in [1.807, 2.05) is 0 Å². The van der Waals surface area contributed by atoms with E-state index in [2.05, 4.69) is 31.1 Å². The van der Waals surface area contributed by atoms with Crippen molar-refractivity contribution in [3.05, 3.63) is 0 Å². The van der Waals surface area contributed by atoms with E-state index in [9.17, 15) is 0 Å². The van der Waals surface area contributed by atoms with Gasteiger partial charge in [-0.25, -0.2) is 0 Å². The van der Waals surface area contributed by atoms with E-state index in [0.717, 1.165) is 12.0 Å². The third-order valence-electron chi connectivity index (χ3n) is 5.11. The molecule has 2 nitrogen and oxygen atoms in total.